The van der Waals surface area contributed by atoms with Crippen LogP contribution in [0.4, 0.5) is 5.69 Å². The predicted molar refractivity (Wildman–Crippen MR) is 86.2 cm³/mol. The van der Waals surface area contributed by atoms with E-state index in [9.17, 15) is 4.79 Å². The van der Waals surface area contributed by atoms with E-state index in [0.29, 0.717) is 22.9 Å². The highest BCUT2D eigenvalue weighted by atomic mass is 32.2. The highest BCUT2D eigenvalue weighted by Crippen LogP contribution is 2.35. The van der Waals surface area contributed by atoms with Gasteiger partial charge in [0.15, 0.2) is 0 Å². The van der Waals surface area contributed by atoms with E-state index >= 15 is 0 Å². The topological polar surface area (TPSA) is 72.9 Å². The summed E-state index contributed by atoms with van der Waals surface area (Å²) < 4.78 is 1.76. The maximum Gasteiger partial charge on any atom is 0.263 e. The lowest BCUT2D eigenvalue weighted by atomic mass is 10.2. The van der Waals surface area contributed by atoms with Crippen molar-refractivity contribution in [3.05, 3.63) is 10.6 Å². The molecule has 2 aromatic rings. The van der Waals surface area contributed by atoms with Gasteiger partial charge in [0.2, 0.25) is 0 Å². The van der Waals surface area contributed by atoms with Crippen molar-refractivity contribution in [3.8, 4) is 12.3 Å². The van der Waals surface area contributed by atoms with Gasteiger partial charge >= 0.3 is 0 Å². The van der Waals surface area contributed by atoms with Crippen molar-refractivity contribution >= 4 is 44.9 Å². The second-order valence-corrected chi connectivity index (χ2v) is 6.35. The number of hydrogen-bond acceptors (Lipinski definition) is 5. The number of amides is 1. The molecule has 0 unspecified atom stereocenters. The van der Waals surface area contributed by atoms with E-state index in [4.69, 9.17) is 12.2 Å². The molecule has 0 saturated carbocycles. The zero-order valence-corrected chi connectivity index (χ0v) is 13.0. The summed E-state index contributed by atoms with van der Waals surface area (Å²) >= 11 is 2.99. The molecule has 0 aliphatic rings. The van der Waals surface area contributed by atoms with Crippen molar-refractivity contribution in [3.63, 3.8) is 0 Å². The second kappa shape index (κ2) is 6.20. The fourth-order valence-electron chi connectivity index (χ4n) is 1.95. The monoisotopic (exact) mass is 308 g/mol. The number of thioether (sulfide) groups is 1. The summed E-state index contributed by atoms with van der Waals surface area (Å²) in [6, 6.07) is 0. The molecular weight excluding hydrogens is 292 g/mol. The molecular formula is C13H16N4OS2. The summed E-state index contributed by atoms with van der Waals surface area (Å²) in [6.45, 7) is 2.47. The van der Waals surface area contributed by atoms with Crippen LogP contribution in [0.2, 0.25) is 0 Å². The molecule has 2 rings (SSSR count). The fraction of sp³-hybridized carbons (Fsp3) is 0.385. The molecule has 0 saturated heterocycles. The molecule has 2 aromatic heterocycles. The van der Waals surface area contributed by atoms with Gasteiger partial charge in [-0.1, -0.05) is 5.92 Å². The van der Waals surface area contributed by atoms with E-state index in [1.54, 1.807) is 16.4 Å². The Balaban J connectivity index is 2.09. The summed E-state index contributed by atoms with van der Waals surface area (Å²) in [6.07, 6.45) is 5.16. The molecule has 3 N–H and O–H groups in total. The van der Waals surface area contributed by atoms with Crippen molar-refractivity contribution in [1.82, 2.24) is 15.1 Å². The highest BCUT2D eigenvalue weighted by Gasteiger charge is 2.20. The van der Waals surface area contributed by atoms with Gasteiger partial charge in [-0.2, -0.15) is 5.10 Å². The Kier molecular flexibility index (Phi) is 4.57. The first-order chi connectivity index (χ1) is 9.56. The largest absolute Gasteiger partial charge is 0.397 e. The van der Waals surface area contributed by atoms with E-state index < -0.39 is 0 Å². The summed E-state index contributed by atoms with van der Waals surface area (Å²) in [4.78, 5) is 13.6. The Labute approximate surface area is 125 Å². The van der Waals surface area contributed by atoms with Crippen LogP contribution in [0.5, 0.6) is 0 Å². The van der Waals surface area contributed by atoms with Crippen LogP contribution < -0.4 is 11.1 Å². The maximum absolute atomic E-state index is 12.1. The molecule has 7 heteroatoms. The minimum Gasteiger partial charge on any atom is -0.397 e. The lowest BCUT2D eigenvalue weighted by molar-refractivity contribution is 0.0961. The Bertz CT molecular complexity index is 681. The van der Waals surface area contributed by atoms with Gasteiger partial charge < -0.3 is 11.1 Å². The Morgan fingerprint density at radius 3 is 3.05 bits per heavy atom. The number of terminal acetylenes is 1. The zero-order chi connectivity index (χ0) is 14.7. The summed E-state index contributed by atoms with van der Waals surface area (Å²) in [5, 5.41) is 8.04. The molecule has 0 aromatic carbocycles. The fourth-order valence-corrected chi connectivity index (χ4v) is 3.56. The Morgan fingerprint density at radius 1 is 1.65 bits per heavy atom. The second-order valence-electron chi connectivity index (χ2n) is 4.25. The van der Waals surface area contributed by atoms with Crippen molar-refractivity contribution in [2.45, 2.75) is 6.92 Å². The third kappa shape index (κ3) is 2.76. The number of anilines is 1. The quantitative estimate of drug-likeness (QED) is 0.650. The average Bonchev–Trinajstić information content (AvgIpc) is 2.89. The number of hydrogen-bond donors (Lipinski definition) is 2. The van der Waals surface area contributed by atoms with Crippen LogP contribution in [0, 0.1) is 19.3 Å². The first kappa shape index (κ1) is 14.8. The van der Waals surface area contributed by atoms with Crippen molar-refractivity contribution in [1.29, 1.82) is 0 Å². The third-order valence-corrected chi connectivity index (χ3v) is 4.94. The minimum atomic E-state index is -0.135. The summed E-state index contributed by atoms with van der Waals surface area (Å²) in [7, 11) is 1.85. The predicted octanol–water partition coefficient (Wildman–Crippen LogP) is 1.62. The molecule has 0 aliphatic carbocycles. The molecule has 2 heterocycles. The Morgan fingerprint density at radius 2 is 2.40 bits per heavy atom. The molecule has 1 amide bonds. The number of nitrogen functional groups attached to an aromatic ring is 1. The first-order valence-corrected chi connectivity index (χ1v) is 8.04. The smallest absolute Gasteiger partial charge is 0.263 e. The number of carbonyl (C=O) groups is 1. The van der Waals surface area contributed by atoms with E-state index in [1.807, 2.05) is 14.0 Å². The molecule has 5 nitrogen and oxygen atoms in total. The zero-order valence-electron chi connectivity index (χ0n) is 11.4. The van der Waals surface area contributed by atoms with Crippen LogP contribution in [0.15, 0.2) is 0 Å². The van der Waals surface area contributed by atoms with Gasteiger partial charge in [0, 0.05) is 19.3 Å². The molecule has 0 spiro atoms. The van der Waals surface area contributed by atoms with Crippen LogP contribution in [-0.2, 0) is 7.05 Å². The van der Waals surface area contributed by atoms with E-state index in [2.05, 4.69) is 16.3 Å². The van der Waals surface area contributed by atoms with Crippen LogP contribution in [-0.4, -0.2) is 33.7 Å². The van der Waals surface area contributed by atoms with Crippen molar-refractivity contribution in [2.75, 3.05) is 23.8 Å². The standard InChI is InChI=1S/C13H16N4OS2/c1-4-6-19-7-5-15-12(18)11-10(14)9-8(2)16-17(3)13(9)20-11/h1H,5-7,14H2,2-3H3,(H,15,18). The Hall–Kier alpha value is -1.65. The molecule has 0 radical (unpaired) electrons. The van der Waals surface area contributed by atoms with Crippen LogP contribution >= 0.6 is 23.1 Å². The lowest BCUT2D eigenvalue weighted by Gasteiger charge is -2.03. The molecule has 0 atom stereocenters. The maximum atomic E-state index is 12.1. The van der Waals surface area contributed by atoms with Gasteiger partial charge in [0.1, 0.15) is 9.71 Å². The first-order valence-electron chi connectivity index (χ1n) is 6.07. The highest BCUT2D eigenvalue weighted by molar-refractivity contribution is 7.99. The lowest BCUT2D eigenvalue weighted by Crippen LogP contribution is -2.25. The van der Waals surface area contributed by atoms with Gasteiger partial charge in [0.05, 0.1) is 22.5 Å². The van der Waals surface area contributed by atoms with Crippen LogP contribution in [0.3, 0.4) is 0 Å². The van der Waals surface area contributed by atoms with Gasteiger partial charge in [-0.25, -0.2) is 0 Å². The molecule has 0 fully saturated rings. The summed E-state index contributed by atoms with van der Waals surface area (Å²) in [5.74, 6) is 3.86. The van der Waals surface area contributed by atoms with E-state index in [0.717, 1.165) is 21.7 Å². The molecule has 0 bridgehead atoms. The van der Waals surface area contributed by atoms with Gasteiger partial charge in [-0.05, 0) is 6.92 Å². The molecule has 0 aliphatic heterocycles. The summed E-state index contributed by atoms with van der Waals surface area (Å²) in [5.41, 5.74) is 7.44. The van der Waals surface area contributed by atoms with Crippen molar-refractivity contribution < 1.29 is 4.79 Å². The van der Waals surface area contributed by atoms with Crippen LogP contribution in [0.1, 0.15) is 15.4 Å². The van der Waals surface area contributed by atoms with Gasteiger partial charge in [-0.15, -0.1) is 29.5 Å². The number of rotatable bonds is 5. The molecule has 106 valence electrons. The number of nitrogens with zero attached hydrogens (tertiary/aromatic N) is 2. The molecule has 20 heavy (non-hydrogen) atoms. The van der Waals surface area contributed by atoms with E-state index in [-0.39, 0.29) is 5.91 Å². The number of nitrogens with one attached hydrogen (secondary N) is 1. The number of nitrogens with two attached hydrogens (primary N) is 1. The number of thiophene rings is 1. The number of carbonyl (C=O) groups excluding carboxylic acids is 1. The number of fused-ring (bicyclic) bond motifs is 1. The normalized spacial score (nSPS) is 10.7. The van der Waals surface area contributed by atoms with E-state index in [1.165, 1.54) is 11.3 Å². The minimum absolute atomic E-state index is 0.135. The third-order valence-electron chi connectivity index (χ3n) is 2.81. The van der Waals surface area contributed by atoms with Gasteiger partial charge in [-0.3, -0.25) is 9.48 Å². The van der Waals surface area contributed by atoms with Crippen molar-refractivity contribution in [2.24, 2.45) is 7.05 Å². The van der Waals surface area contributed by atoms with Gasteiger partial charge in [0.25, 0.3) is 5.91 Å². The average molecular weight is 308 g/mol. The van der Waals surface area contributed by atoms with Crippen LogP contribution in [0.25, 0.3) is 10.2 Å². The number of aromatic nitrogens is 2. The number of aryl methyl sites for hydroxylation is 2. The SMILES string of the molecule is C#CCSCCNC(=O)c1sc2c(c(C)nn2C)c1N.